The first-order valence-electron chi connectivity index (χ1n) is 15.6. The molecule has 236 valence electrons. The number of carboxylic acid groups (broad SMARTS) is 1. The molecule has 1 unspecified atom stereocenters. The number of pyridine rings is 1. The number of aryl methyl sites for hydroxylation is 1. The Balaban J connectivity index is 1.25. The third-order valence-corrected chi connectivity index (χ3v) is 8.68. The van der Waals surface area contributed by atoms with Crippen LogP contribution in [0.4, 0.5) is 0 Å². The van der Waals surface area contributed by atoms with Crippen molar-refractivity contribution in [2.75, 3.05) is 19.8 Å². The monoisotopic (exact) mass is 619 g/mol. The van der Waals surface area contributed by atoms with Gasteiger partial charge in [0.05, 0.1) is 5.56 Å². The molecular formula is C37H37N3O6. The van der Waals surface area contributed by atoms with E-state index in [-0.39, 0.29) is 6.61 Å². The van der Waals surface area contributed by atoms with Crippen LogP contribution in [-0.4, -0.2) is 46.8 Å². The Labute approximate surface area is 268 Å². The Morgan fingerprint density at radius 2 is 1.87 bits per heavy atom. The van der Waals surface area contributed by atoms with Crippen LogP contribution in [0.1, 0.15) is 52.6 Å². The highest BCUT2D eigenvalue weighted by atomic mass is 16.6. The molecule has 46 heavy (non-hydrogen) atoms. The average Bonchev–Trinajstić information content (AvgIpc) is 3.08. The van der Waals surface area contributed by atoms with Gasteiger partial charge in [0.2, 0.25) is 0 Å². The van der Waals surface area contributed by atoms with Crippen molar-refractivity contribution >= 4 is 5.97 Å². The number of ether oxygens (including phenoxy) is 4. The Morgan fingerprint density at radius 1 is 1.02 bits per heavy atom. The van der Waals surface area contributed by atoms with E-state index in [1.807, 2.05) is 48.2 Å². The number of aliphatic carboxylic acids is 1. The van der Waals surface area contributed by atoms with Gasteiger partial charge in [-0.25, -0.2) is 0 Å². The van der Waals surface area contributed by atoms with E-state index in [1.54, 1.807) is 12.3 Å². The number of nitriles is 1. The molecule has 1 aromatic heterocycles. The fourth-order valence-electron chi connectivity index (χ4n) is 6.14. The van der Waals surface area contributed by atoms with Crippen molar-refractivity contribution in [1.82, 2.24) is 9.88 Å². The summed E-state index contributed by atoms with van der Waals surface area (Å²) in [6.45, 7) is 6.90. The summed E-state index contributed by atoms with van der Waals surface area (Å²) in [5.74, 6) is 1.98. The number of carbonyl (C=O) groups is 1. The van der Waals surface area contributed by atoms with Gasteiger partial charge in [-0.3, -0.25) is 14.7 Å². The van der Waals surface area contributed by atoms with Gasteiger partial charge in [0.1, 0.15) is 50.0 Å². The highest BCUT2D eigenvalue weighted by Gasteiger charge is 2.29. The molecule has 1 atom stereocenters. The van der Waals surface area contributed by atoms with Crippen molar-refractivity contribution in [3.8, 4) is 40.2 Å². The molecule has 1 N–H and O–H groups in total. The molecule has 2 aliphatic heterocycles. The molecule has 1 saturated heterocycles. The molecule has 0 saturated carbocycles. The summed E-state index contributed by atoms with van der Waals surface area (Å²) in [5, 5.41) is 19.2. The van der Waals surface area contributed by atoms with Gasteiger partial charge in [-0.1, -0.05) is 30.7 Å². The minimum Gasteiger partial charge on any atom is -0.489 e. The zero-order chi connectivity index (χ0) is 32.0. The van der Waals surface area contributed by atoms with Crippen LogP contribution in [0.3, 0.4) is 0 Å². The second-order valence-electron chi connectivity index (χ2n) is 11.8. The summed E-state index contributed by atoms with van der Waals surface area (Å²) >= 11 is 0. The maximum Gasteiger partial charge on any atom is 0.320 e. The SMILES string of the molecule is Cc1cc(OCc2cccc(-c3ccc4c(c3)OCCO4)c2C)cc(OCc2cncc(C#N)c2)c1CN1CCCCC1C(=O)O. The first-order valence-corrected chi connectivity index (χ1v) is 15.6. The van der Waals surface area contributed by atoms with Crippen LogP contribution in [0, 0.1) is 25.2 Å². The first kappa shape index (κ1) is 30.9. The summed E-state index contributed by atoms with van der Waals surface area (Å²) in [7, 11) is 0. The summed E-state index contributed by atoms with van der Waals surface area (Å²) in [4.78, 5) is 18.2. The highest BCUT2D eigenvalue weighted by Crippen LogP contribution is 2.37. The van der Waals surface area contributed by atoms with Crippen LogP contribution in [0.25, 0.3) is 11.1 Å². The number of fused-ring (bicyclic) bond motifs is 1. The van der Waals surface area contributed by atoms with Gasteiger partial charge < -0.3 is 24.1 Å². The van der Waals surface area contributed by atoms with Gasteiger partial charge in [0.25, 0.3) is 0 Å². The number of carboxylic acids is 1. The van der Waals surface area contributed by atoms with E-state index in [0.717, 1.165) is 63.3 Å². The Morgan fingerprint density at radius 3 is 2.70 bits per heavy atom. The van der Waals surface area contributed by atoms with Crippen molar-refractivity contribution in [2.45, 2.75) is 58.9 Å². The molecular weight excluding hydrogens is 582 g/mol. The van der Waals surface area contributed by atoms with E-state index in [2.05, 4.69) is 30.1 Å². The van der Waals surface area contributed by atoms with Crippen LogP contribution in [0.15, 0.2) is 67.0 Å². The number of piperidine rings is 1. The number of nitrogens with zero attached hydrogens (tertiary/aromatic N) is 3. The molecule has 4 aromatic rings. The zero-order valence-corrected chi connectivity index (χ0v) is 26.1. The fourth-order valence-corrected chi connectivity index (χ4v) is 6.14. The molecule has 0 aliphatic carbocycles. The van der Waals surface area contributed by atoms with Crippen molar-refractivity contribution in [3.05, 3.63) is 100 Å². The molecule has 0 bridgehead atoms. The van der Waals surface area contributed by atoms with Crippen molar-refractivity contribution in [1.29, 1.82) is 5.26 Å². The Hall–Kier alpha value is -5.07. The predicted molar refractivity (Wildman–Crippen MR) is 172 cm³/mol. The van der Waals surface area contributed by atoms with E-state index in [1.165, 1.54) is 6.20 Å². The molecule has 1 fully saturated rings. The number of aromatic nitrogens is 1. The lowest BCUT2D eigenvalue weighted by atomic mass is 9.96. The lowest BCUT2D eigenvalue weighted by Gasteiger charge is -2.33. The lowest BCUT2D eigenvalue weighted by Crippen LogP contribution is -2.44. The summed E-state index contributed by atoms with van der Waals surface area (Å²) in [5.41, 5.74) is 7.40. The second-order valence-corrected chi connectivity index (χ2v) is 11.8. The van der Waals surface area contributed by atoms with Crippen LogP contribution < -0.4 is 18.9 Å². The minimum absolute atomic E-state index is 0.206. The summed E-state index contributed by atoms with van der Waals surface area (Å²) < 4.78 is 24.2. The number of hydrogen-bond acceptors (Lipinski definition) is 8. The third-order valence-electron chi connectivity index (χ3n) is 8.68. The van der Waals surface area contributed by atoms with Gasteiger partial charge in [-0.15, -0.1) is 0 Å². The molecule has 9 heteroatoms. The average molecular weight is 620 g/mol. The van der Waals surface area contributed by atoms with Crippen LogP contribution >= 0.6 is 0 Å². The molecule has 2 aliphatic rings. The smallest absolute Gasteiger partial charge is 0.320 e. The van der Waals surface area contributed by atoms with Crippen molar-refractivity contribution in [3.63, 3.8) is 0 Å². The number of likely N-dealkylation sites (tertiary alicyclic amines) is 1. The number of benzene rings is 3. The molecule has 9 nitrogen and oxygen atoms in total. The Bertz CT molecular complexity index is 1780. The van der Waals surface area contributed by atoms with Crippen molar-refractivity contribution in [2.24, 2.45) is 0 Å². The van der Waals surface area contributed by atoms with Crippen LogP contribution in [0.2, 0.25) is 0 Å². The topological polar surface area (TPSA) is 114 Å². The number of rotatable bonds is 10. The molecule has 0 spiro atoms. The summed E-state index contributed by atoms with van der Waals surface area (Å²) in [6.07, 6.45) is 5.68. The van der Waals surface area contributed by atoms with E-state index >= 15 is 0 Å². The second kappa shape index (κ2) is 13.9. The fraction of sp³-hybridized carbons (Fsp3) is 0.324. The highest BCUT2D eigenvalue weighted by molar-refractivity contribution is 5.73. The molecule has 3 heterocycles. The van der Waals surface area contributed by atoms with Crippen molar-refractivity contribution < 1.29 is 28.8 Å². The zero-order valence-electron chi connectivity index (χ0n) is 26.1. The predicted octanol–water partition coefficient (Wildman–Crippen LogP) is 6.61. The maximum atomic E-state index is 12.0. The molecule has 6 rings (SSSR count). The first-order chi connectivity index (χ1) is 22.4. The molecule has 0 amide bonds. The summed E-state index contributed by atoms with van der Waals surface area (Å²) in [6, 6.07) is 19.4. The van der Waals surface area contributed by atoms with Gasteiger partial charge in [0.15, 0.2) is 11.5 Å². The largest absolute Gasteiger partial charge is 0.489 e. The standard InChI is InChI=1S/C37H37N3O6/c1-24-14-30(45-23-29-6-5-7-31(25(29)2)28-9-10-34-36(16-28)44-13-12-43-34)17-35(46-22-27-15-26(18-38)19-39-20-27)32(24)21-40-11-4-3-8-33(40)37(41)42/h5-7,9-10,14-17,19-20,33H,3-4,8,11-13,21-23H2,1-2H3,(H,41,42). The maximum absolute atomic E-state index is 12.0. The normalized spacial score (nSPS) is 16.0. The quantitative estimate of drug-likeness (QED) is 0.210. The van der Waals surface area contributed by atoms with E-state index in [9.17, 15) is 15.2 Å². The molecule has 0 radical (unpaired) electrons. The van der Waals surface area contributed by atoms with Gasteiger partial charge in [0, 0.05) is 36.1 Å². The van der Waals surface area contributed by atoms with Crippen LogP contribution in [0.5, 0.6) is 23.0 Å². The lowest BCUT2D eigenvalue weighted by molar-refractivity contribution is -0.144. The van der Waals surface area contributed by atoms with E-state index < -0.39 is 12.0 Å². The minimum atomic E-state index is -0.798. The van der Waals surface area contributed by atoms with Gasteiger partial charge in [-0.2, -0.15) is 5.26 Å². The van der Waals surface area contributed by atoms with E-state index in [0.29, 0.717) is 56.4 Å². The van der Waals surface area contributed by atoms with Crippen LogP contribution in [-0.2, 0) is 24.6 Å². The van der Waals surface area contributed by atoms with E-state index in [4.69, 9.17) is 18.9 Å². The molecule has 3 aromatic carbocycles. The van der Waals surface area contributed by atoms with Gasteiger partial charge >= 0.3 is 5.97 Å². The third kappa shape index (κ3) is 6.93. The van der Waals surface area contributed by atoms with Gasteiger partial charge in [-0.05, 0) is 85.3 Å². The Kier molecular flexibility index (Phi) is 9.36. The number of hydrogen-bond donors (Lipinski definition) is 1.